The van der Waals surface area contributed by atoms with Gasteiger partial charge in [0.1, 0.15) is 10.1 Å². The van der Waals surface area contributed by atoms with Crippen LogP contribution in [0.1, 0.15) is 13.3 Å². The van der Waals surface area contributed by atoms with Gasteiger partial charge in [-0.1, -0.05) is 6.08 Å². The fourth-order valence-corrected chi connectivity index (χ4v) is 4.70. The minimum absolute atomic E-state index is 0. The Morgan fingerprint density at radius 3 is 2.63 bits per heavy atom. The maximum atomic E-state index is 12.2. The maximum absolute atomic E-state index is 12.2. The van der Waals surface area contributed by atoms with E-state index in [-0.39, 0.29) is 36.0 Å². The third-order valence-corrected chi connectivity index (χ3v) is 6.15. The SMILES string of the molecule is C[C@]1(/C=C/C#N)[C@H](C(=O)[O-])N2C(=O)C[C@H]2S1(=O)=O.[Na+]. The van der Waals surface area contributed by atoms with E-state index in [1.807, 2.05) is 0 Å². The third-order valence-electron chi connectivity index (χ3n) is 3.45. The van der Waals surface area contributed by atoms with Gasteiger partial charge >= 0.3 is 29.6 Å². The first-order valence-electron chi connectivity index (χ1n) is 5.10. The Morgan fingerprint density at radius 1 is 1.63 bits per heavy atom. The van der Waals surface area contributed by atoms with Crippen LogP contribution in [0.15, 0.2) is 12.2 Å². The second kappa shape index (κ2) is 4.90. The molecular formula is C10H9N2NaO5S. The maximum Gasteiger partial charge on any atom is 1.00 e. The van der Waals surface area contributed by atoms with Crippen molar-refractivity contribution in [1.29, 1.82) is 5.26 Å². The number of amides is 1. The molecule has 0 bridgehead atoms. The van der Waals surface area contributed by atoms with Gasteiger partial charge in [-0.05, 0) is 6.92 Å². The molecule has 0 aliphatic carbocycles. The Kier molecular flexibility index (Phi) is 4.17. The van der Waals surface area contributed by atoms with Crippen LogP contribution in [0.5, 0.6) is 0 Å². The number of β-lactam (4-membered cyclic amide) rings is 1. The summed E-state index contributed by atoms with van der Waals surface area (Å²) in [5.74, 6) is -2.17. The van der Waals surface area contributed by atoms with Crippen LogP contribution in [0.2, 0.25) is 0 Å². The molecule has 3 atom stereocenters. The summed E-state index contributed by atoms with van der Waals surface area (Å²) in [6.07, 6.45) is 1.69. The zero-order valence-electron chi connectivity index (χ0n) is 10.4. The normalized spacial score (nSPS) is 35.2. The van der Waals surface area contributed by atoms with Crippen molar-refractivity contribution in [2.75, 3.05) is 0 Å². The Balaban J connectivity index is 0.00000180. The van der Waals surface area contributed by atoms with E-state index < -0.39 is 37.9 Å². The van der Waals surface area contributed by atoms with Crippen LogP contribution in [0, 0.1) is 11.3 Å². The average Bonchev–Trinajstić information content (AvgIpc) is 2.41. The van der Waals surface area contributed by atoms with E-state index in [0.29, 0.717) is 0 Å². The summed E-state index contributed by atoms with van der Waals surface area (Å²) in [5.41, 5.74) is 0. The first-order chi connectivity index (χ1) is 8.27. The number of allylic oxidation sites excluding steroid dienone is 1. The molecule has 2 aliphatic heterocycles. The molecule has 1 amide bonds. The van der Waals surface area contributed by atoms with Gasteiger partial charge in [0, 0.05) is 6.08 Å². The smallest absolute Gasteiger partial charge is 0.548 e. The van der Waals surface area contributed by atoms with Gasteiger partial charge in [0.25, 0.3) is 0 Å². The first kappa shape index (κ1) is 16.2. The quantitative estimate of drug-likeness (QED) is 0.285. The van der Waals surface area contributed by atoms with Crippen molar-refractivity contribution in [2.24, 2.45) is 0 Å². The molecule has 0 aromatic rings. The standard InChI is InChI=1S/C10H10N2O5S.Na/c1-10(3-2-4-11)8(9(14)15)12-6(13)5-7(12)18(10,16)17;/h2-3,7-8H,5H2,1H3,(H,14,15);/q;+1/p-1/b3-2+;/t7-,8+,10+;/m1./s1. The molecule has 7 nitrogen and oxygen atoms in total. The predicted molar refractivity (Wildman–Crippen MR) is 56.1 cm³/mol. The van der Waals surface area contributed by atoms with E-state index in [0.717, 1.165) is 17.1 Å². The molecule has 0 saturated carbocycles. The van der Waals surface area contributed by atoms with Crippen molar-refractivity contribution in [3.8, 4) is 6.07 Å². The van der Waals surface area contributed by atoms with Crippen LogP contribution in [0.3, 0.4) is 0 Å². The summed E-state index contributed by atoms with van der Waals surface area (Å²) < 4.78 is 22.6. The molecule has 0 unspecified atom stereocenters. The molecule has 96 valence electrons. The van der Waals surface area contributed by atoms with Gasteiger partial charge < -0.3 is 14.8 Å². The van der Waals surface area contributed by atoms with Crippen molar-refractivity contribution in [1.82, 2.24) is 4.90 Å². The summed E-state index contributed by atoms with van der Waals surface area (Å²) in [4.78, 5) is 23.3. The second-order valence-electron chi connectivity index (χ2n) is 4.37. The molecule has 9 heteroatoms. The molecule has 0 spiro atoms. The summed E-state index contributed by atoms with van der Waals surface area (Å²) in [6.45, 7) is 1.18. The molecular weight excluding hydrogens is 283 g/mol. The minimum atomic E-state index is -3.88. The molecule has 2 saturated heterocycles. The zero-order valence-corrected chi connectivity index (χ0v) is 13.2. The molecule has 0 aromatic heterocycles. The fraction of sp³-hybridized carbons (Fsp3) is 0.500. The van der Waals surface area contributed by atoms with Gasteiger partial charge in [-0.25, -0.2) is 8.42 Å². The number of rotatable bonds is 2. The second-order valence-corrected chi connectivity index (χ2v) is 6.89. The molecule has 19 heavy (non-hydrogen) atoms. The Morgan fingerprint density at radius 2 is 2.21 bits per heavy atom. The number of hydrogen-bond acceptors (Lipinski definition) is 6. The van der Waals surface area contributed by atoms with Gasteiger partial charge in [-0.15, -0.1) is 0 Å². The number of carbonyl (C=O) groups is 2. The Hall–Kier alpha value is -0.880. The molecule has 0 aromatic carbocycles. The van der Waals surface area contributed by atoms with E-state index in [9.17, 15) is 23.1 Å². The molecule has 2 aliphatic rings. The molecule has 0 N–H and O–H groups in total. The Bertz CT molecular complexity index is 608. The zero-order chi connectivity index (χ0) is 13.7. The number of nitriles is 1. The fourth-order valence-electron chi connectivity index (χ4n) is 2.43. The molecule has 2 rings (SSSR count). The van der Waals surface area contributed by atoms with Crippen molar-refractivity contribution < 1.29 is 52.7 Å². The average molecular weight is 292 g/mol. The number of carbonyl (C=O) groups excluding carboxylic acids is 2. The van der Waals surface area contributed by atoms with Gasteiger partial charge in [0.2, 0.25) is 5.91 Å². The topological polar surface area (TPSA) is 118 Å². The van der Waals surface area contributed by atoms with E-state index in [2.05, 4.69) is 0 Å². The van der Waals surface area contributed by atoms with Crippen molar-refractivity contribution >= 4 is 21.7 Å². The van der Waals surface area contributed by atoms with Crippen LogP contribution >= 0.6 is 0 Å². The van der Waals surface area contributed by atoms with Gasteiger partial charge in [0.05, 0.1) is 24.5 Å². The molecule has 0 radical (unpaired) electrons. The van der Waals surface area contributed by atoms with Gasteiger partial charge in [-0.2, -0.15) is 5.26 Å². The van der Waals surface area contributed by atoms with Crippen LogP contribution in [-0.2, 0) is 19.4 Å². The molecule has 2 heterocycles. The van der Waals surface area contributed by atoms with Crippen LogP contribution in [0.4, 0.5) is 0 Å². The van der Waals surface area contributed by atoms with E-state index >= 15 is 0 Å². The summed E-state index contributed by atoms with van der Waals surface area (Å²) in [6, 6.07) is 0.0317. The number of hydrogen-bond donors (Lipinski definition) is 0. The van der Waals surface area contributed by atoms with E-state index in [1.165, 1.54) is 6.92 Å². The third kappa shape index (κ3) is 1.92. The number of nitrogens with zero attached hydrogens (tertiary/aromatic N) is 2. The van der Waals surface area contributed by atoms with Crippen LogP contribution in [0.25, 0.3) is 0 Å². The minimum Gasteiger partial charge on any atom is -0.548 e. The summed E-state index contributed by atoms with van der Waals surface area (Å²) in [5, 5.41) is 18.5. The van der Waals surface area contributed by atoms with Crippen molar-refractivity contribution in [2.45, 2.75) is 29.5 Å². The number of aliphatic carboxylic acids is 1. The number of sulfone groups is 1. The van der Waals surface area contributed by atoms with Crippen molar-refractivity contribution in [3.05, 3.63) is 12.2 Å². The molecule has 2 fully saturated rings. The summed E-state index contributed by atoms with van der Waals surface area (Å²) >= 11 is 0. The monoisotopic (exact) mass is 292 g/mol. The largest absolute Gasteiger partial charge is 1.00 e. The number of fused-ring (bicyclic) bond motifs is 1. The number of carboxylic acids is 1. The predicted octanol–water partition coefficient (Wildman–Crippen LogP) is -5.07. The first-order valence-corrected chi connectivity index (χ1v) is 6.65. The number of carboxylic acid groups (broad SMARTS) is 1. The van der Waals surface area contributed by atoms with Crippen LogP contribution in [-0.4, -0.2) is 41.4 Å². The van der Waals surface area contributed by atoms with Gasteiger partial charge in [-0.3, -0.25) is 4.79 Å². The Labute approximate surface area is 132 Å². The van der Waals surface area contributed by atoms with Gasteiger partial charge in [0.15, 0.2) is 9.84 Å². The van der Waals surface area contributed by atoms with E-state index in [4.69, 9.17) is 5.26 Å². The summed E-state index contributed by atoms with van der Waals surface area (Å²) in [7, 11) is -3.88. The van der Waals surface area contributed by atoms with Crippen LogP contribution < -0.4 is 34.7 Å². The van der Waals surface area contributed by atoms with Crippen molar-refractivity contribution in [3.63, 3.8) is 0 Å². The van der Waals surface area contributed by atoms with E-state index in [1.54, 1.807) is 6.07 Å².